The fourth-order valence-corrected chi connectivity index (χ4v) is 2.25. The predicted molar refractivity (Wildman–Crippen MR) is 79.7 cm³/mol. The molecule has 0 aliphatic heterocycles. The van der Waals surface area contributed by atoms with Gasteiger partial charge in [0.25, 0.3) is 0 Å². The van der Waals surface area contributed by atoms with Gasteiger partial charge in [-0.1, -0.05) is 24.3 Å². The molecule has 1 aromatic rings. The van der Waals surface area contributed by atoms with E-state index in [-0.39, 0.29) is 0 Å². The van der Waals surface area contributed by atoms with E-state index in [1.807, 2.05) is 36.4 Å². The first-order chi connectivity index (χ1) is 8.18. The molecule has 3 heteroatoms. The van der Waals surface area contributed by atoms with Crippen molar-refractivity contribution in [1.82, 2.24) is 5.32 Å². The van der Waals surface area contributed by atoms with Crippen molar-refractivity contribution in [3.63, 3.8) is 0 Å². The number of hydrogen-bond donors (Lipinski definition) is 1. The van der Waals surface area contributed by atoms with Gasteiger partial charge in [-0.15, -0.1) is 13.2 Å². The largest absolute Gasteiger partial charge is 0.349 e. The minimum absolute atomic E-state index is 0.421. The second kappa shape index (κ2) is 6.59. The third-order valence-electron chi connectivity index (χ3n) is 2.72. The second-order valence-corrected chi connectivity index (χ2v) is 5.08. The van der Waals surface area contributed by atoms with Gasteiger partial charge in [0.15, 0.2) is 0 Å². The number of nitrogens with one attached hydrogen (secondary N) is 1. The summed E-state index contributed by atoms with van der Waals surface area (Å²) in [6.07, 6.45) is 5.73. The molecule has 0 aliphatic carbocycles. The quantitative estimate of drug-likeness (QED) is 0.460. The highest BCUT2D eigenvalue weighted by molar-refractivity contribution is 14.1. The zero-order chi connectivity index (χ0) is 12.7. The lowest BCUT2D eigenvalue weighted by molar-refractivity contribution is -0.111. The predicted octanol–water partition coefficient (Wildman–Crippen LogP) is 3.38. The zero-order valence-electron chi connectivity index (χ0n) is 9.66. The molecule has 0 fully saturated rings. The Balaban J connectivity index is 3.17. The van der Waals surface area contributed by atoms with Gasteiger partial charge in [0, 0.05) is 3.57 Å². The van der Waals surface area contributed by atoms with Crippen molar-refractivity contribution in [2.24, 2.45) is 0 Å². The van der Waals surface area contributed by atoms with Gasteiger partial charge in [-0.3, -0.25) is 4.79 Å². The summed E-state index contributed by atoms with van der Waals surface area (Å²) < 4.78 is 1.17. The average molecular weight is 341 g/mol. The second-order valence-electron chi connectivity index (χ2n) is 3.84. The van der Waals surface area contributed by atoms with Crippen molar-refractivity contribution >= 4 is 29.0 Å². The Kier molecular flexibility index (Phi) is 5.41. The Morgan fingerprint density at radius 1 is 1.18 bits per heavy atom. The van der Waals surface area contributed by atoms with Gasteiger partial charge in [-0.25, -0.2) is 0 Å². The van der Waals surface area contributed by atoms with E-state index in [1.54, 1.807) is 0 Å². The number of carbonyl (C=O) groups excluding carboxylic acids is 1. The highest BCUT2D eigenvalue weighted by atomic mass is 127. The molecule has 0 aromatic heterocycles. The molecule has 0 aliphatic rings. The lowest BCUT2D eigenvalue weighted by Crippen LogP contribution is -2.40. The van der Waals surface area contributed by atoms with Gasteiger partial charge in [0.2, 0.25) is 6.41 Å². The van der Waals surface area contributed by atoms with Crippen molar-refractivity contribution < 1.29 is 4.79 Å². The topological polar surface area (TPSA) is 29.1 Å². The number of amides is 1. The molecule has 90 valence electrons. The molecule has 2 nitrogen and oxygen atoms in total. The lowest BCUT2D eigenvalue weighted by atomic mass is 9.83. The summed E-state index contributed by atoms with van der Waals surface area (Å²) in [5.41, 5.74) is 0.653. The number of hydrogen-bond acceptors (Lipinski definition) is 1. The SMILES string of the molecule is C=CCC(CC=C)(NC=O)c1ccc(I)cc1. The van der Waals surface area contributed by atoms with Crippen LogP contribution in [-0.2, 0) is 10.3 Å². The first-order valence-electron chi connectivity index (χ1n) is 5.37. The summed E-state index contributed by atoms with van der Waals surface area (Å²) in [6.45, 7) is 7.52. The van der Waals surface area contributed by atoms with Crippen LogP contribution in [0.4, 0.5) is 0 Å². The third-order valence-corrected chi connectivity index (χ3v) is 3.44. The molecule has 0 saturated heterocycles. The molecular weight excluding hydrogens is 325 g/mol. The van der Waals surface area contributed by atoms with Crippen LogP contribution < -0.4 is 5.32 Å². The summed E-state index contributed by atoms with van der Waals surface area (Å²) in [6, 6.07) is 8.13. The van der Waals surface area contributed by atoms with Gasteiger partial charge in [0.1, 0.15) is 0 Å². The maximum atomic E-state index is 10.8. The normalized spacial score (nSPS) is 10.6. The van der Waals surface area contributed by atoms with E-state index in [2.05, 4.69) is 41.1 Å². The molecule has 17 heavy (non-hydrogen) atoms. The fourth-order valence-electron chi connectivity index (χ4n) is 1.89. The van der Waals surface area contributed by atoms with Crippen LogP contribution in [-0.4, -0.2) is 6.41 Å². The van der Waals surface area contributed by atoms with Crippen molar-refractivity contribution in [1.29, 1.82) is 0 Å². The van der Waals surface area contributed by atoms with E-state index in [4.69, 9.17) is 0 Å². The van der Waals surface area contributed by atoms with Crippen LogP contribution in [0.15, 0.2) is 49.6 Å². The average Bonchev–Trinajstić information content (AvgIpc) is 2.30. The van der Waals surface area contributed by atoms with Crippen LogP contribution in [0.25, 0.3) is 0 Å². The van der Waals surface area contributed by atoms with Crippen LogP contribution in [0.2, 0.25) is 0 Å². The van der Waals surface area contributed by atoms with Crippen LogP contribution in [0.3, 0.4) is 0 Å². The van der Waals surface area contributed by atoms with Gasteiger partial charge in [-0.05, 0) is 53.1 Å². The van der Waals surface area contributed by atoms with Crippen LogP contribution in [0.5, 0.6) is 0 Å². The summed E-state index contributed by atoms with van der Waals surface area (Å²) in [7, 11) is 0. The molecule has 1 amide bonds. The standard InChI is InChI=1S/C14H16INO/c1-3-9-14(10-4-2,16-11-17)12-5-7-13(15)8-6-12/h3-8,11H,1-2,9-10H2,(H,16,17). The van der Waals surface area contributed by atoms with E-state index < -0.39 is 5.54 Å². The highest BCUT2D eigenvalue weighted by Gasteiger charge is 2.28. The van der Waals surface area contributed by atoms with Gasteiger partial charge < -0.3 is 5.32 Å². The molecule has 0 spiro atoms. The maximum Gasteiger partial charge on any atom is 0.207 e. The van der Waals surface area contributed by atoms with Crippen LogP contribution >= 0.6 is 22.6 Å². The number of rotatable bonds is 7. The Morgan fingerprint density at radius 2 is 1.71 bits per heavy atom. The van der Waals surface area contributed by atoms with Gasteiger partial charge >= 0.3 is 0 Å². The zero-order valence-corrected chi connectivity index (χ0v) is 11.8. The Hall–Kier alpha value is -1.10. The molecule has 0 saturated carbocycles. The van der Waals surface area contributed by atoms with Gasteiger partial charge in [-0.2, -0.15) is 0 Å². The molecule has 0 bridgehead atoms. The van der Waals surface area contributed by atoms with Crippen LogP contribution in [0.1, 0.15) is 18.4 Å². The minimum atomic E-state index is -0.421. The number of carbonyl (C=O) groups is 1. The van der Waals surface area contributed by atoms with Crippen molar-refractivity contribution in [3.8, 4) is 0 Å². The lowest BCUT2D eigenvalue weighted by Gasteiger charge is -2.32. The van der Waals surface area contributed by atoms with Crippen molar-refractivity contribution in [2.45, 2.75) is 18.4 Å². The maximum absolute atomic E-state index is 10.8. The molecular formula is C14H16INO. The minimum Gasteiger partial charge on any atom is -0.349 e. The summed E-state index contributed by atoms with van der Waals surface area (Å²) >= 11 is 2.26. The molecule has 0 atom stereocenters. The number of benzene rings is 1. The van der Waals surface area contributed by atoms with E-state index in [1.165, 1.54) is 3.57 Å². The van der Waals surface area contributed by atoms with Crippen molar-refractivity contribution in [3.05, 3.63) is 58.7 Å². The number of halogens is 1. The first kappa shape index (κ1) is 14.0. The van der Waals surface area contributed by atoms with Gasteiger partial charge in [0.05, 0.1) is 5.54 Å². The Bertz CT molecular complexity index is 371. The van der Waals surface area contributed by atoms with E-state index >= 15 is 0 Å². The molecule has 1 aromatic carbocycles. The summed E-state index contributed by atoms with van der Waals surface area (Å²) in [5.74, 6) is 0. The molecule has 0 radical (unpaired) electrons. The molecule has 1 N–H and O–H groups in total. The Morgan fingerprint density at radius 3 is 2.12 bits per heavy atom. The van der Waals surface area contributed by atoms with Crippen molar-refractivity contribution in [2.75, 3.05) is 0 Å². The molecule has 1 rings (SSSR count). The molecule has 0 heterocycles. The van der Waals surface area contributed by atoms with E-state index in [0.717, 1.165) is 12.0 Å². The first-order valence-corrected chi connectivity index (χ1v) is 6.45. The summed E-state index contributed by atoms with van der Waals surface area (Å²) in [4.78, 5) is 10.8. The van der Waals surface area contributed by atoms with Crippen LogP contribution in [0, 0.1) is 3.57 Å². The van der Waals surface area contributed by atoms with E-state index in [0.29, 0.717) is 12.8 Å². The Labute approximate surface area is 116 Å². The summed E-state index contributed by atoms with van der Waals surface area (Å²) in [5, 5.41) is 2.91. The highest BCUT2D eigenvalue weighted by Crippen LogP contribution is 2.30. The smallest absolute Gasteiger partial charge is 0.207 e. The van der Waals surface area contributed by atoms with E-state index in [9.17, 15) is 4.79 Å². The third kappa shape index (κ3) is 3.43. The molecule has 0 unspecified atom stereocenters. The fraction of sp³-hybridized carbons (Fsp3) is 0.214. The monoisotopic (exact) mass is 341 g/mol.